The summed E-state index contributed by atoms with van der Waals surface area (Å²) in [5.41, 5.74) is 2.99. The number of nitrogens with one attached hydrogen (secondary N) is 1. The van der Waals surface area contributed by atoms with Crippen LogP contribution in [0.4, 0.5) is 5.69 Å². The maximum atomic E-state index is 12.9. The number of aromatic nitrogens is 1. The molecule has 0 unspecified atom stereocenters. The van der Waals surface area contributed by atoms with E-state index in [-0.39, 0.29) is 5.91 Å². The number of carbonyl (C=O) groups excluding carboxylic acids is 1. The van der Waals surface area contributed by atoms with E-state index in [1.165, 1.54) is 0 Å². The Morgan fingerprint density at radius 1 is 1.00 bits per heavy atom. The Morgan fingerprint density at radius 2 is 1.72 bits per heavy atom. The average Bonchev–Trinajstić information content (AvgIpc) is 3.18. The lowest BCUT2D eigenvalue weighted by molar-refractivity contribution is 0.102. The largest absolute Gasteiger partial charge is 0.497 e. The van der Waals surface area contributed by atoms with Gasteiger partial charge >= 0.3 is 0 Å². The molecular formula is C22H17IN2O3S. The molecule has 4 aromatic rings. The van der Waals surface area contributed by atoms with Gasteiger partial charge in [-0.2, -0.15) is 0 Å². The number of fused-ring (bicyclic) bond motifs is 1. The fourth-order valence-corrected chi connectivity index (χ4v) is 4.41. The van der Waals surface area contributed by atoms with E-state index >= 15 is 0 Å². The summed E-state index contributed by atoms with van der Waals surface area (Å²) in [4.78, 5) is 17.7. The first-order valence-electron chi connectivity index (χ1n) is 8.77. The van der Waals surface area contributed by atoms with Crippen molar-refractivity contribution in [3.05, 3.63) is 69.8 Å². The molecule has 146 valence electrons. The van der Waals surface area contributed by atoms with Crippen molar-refractivity contribution in [3.63, 3.8) is 0 Å². The molecule has 5 nitrogen and oxygen atoms in total. The molecule has 0 spiro atoms. The van der Waals surface area contributed by atoms with Crippen LogP contribution in [0.1, 0.15) is 10.4 Å². The van der Waals surface area contributed by atoms with E-state index in [0.717, 1.165) is 24.4 Å². The van der Waals surface area contributed by atoms with Crippen molar-refractivity contribution < 1.29 is 14.3 Å². The molecule has 0 saturated carbocycles. The molecule has 0 aliphatic rings. The SMILES string of the molecule is COc1cc(OC)cc(C(=O)Nc2ccc(I)cc2-c2nc3ccccc3s2)c1. The average molecular weight is 516 g/mol. The van der Waals surface area contributed by atoms with Gasteiger partial charge in [-0.1, -0.05) is 12.1 Å². The van der Waals surface area contributed by atoms with E-state index in [4.69, 9.17) is 14.5 Å². The number of para-hydroxylation sites is 1. The topological polar surface area (TPSA) is 60.5 Å². The summed E-state index contributed by atoms with van der Waals surface area (Å²) in [7, 11) is 3.11. The lowest BCUT2D eigenvalue weighted by atomic mass is 10.1. The van der Waals surface area contributed by atoms with Gasteiger partial charge < -0.3 is 14.8 Å². The van der Waals surface area contributed by atoms with Crippen LogP contribution in [0.25, 0.3) is 20.8 Å². The van der Waals surface area contributed by atoms with Crippen molar-refractivity contribution in [1.82, 2.24) is 4.98 Å². The number of carbonyl (C=O) groups is 1. The molecule has 0 saturated heterocycles. The Labute approximate surface area is 185 Å². The summed E-state index contributed by atoms with van der Waals surface area (Å²) in [6, 6.07) is 19.0. The quantitative estimate of drug-likeness (QED) is 0.339. The molecule has 0 fully saturated rings. The number of anilines is 1. The van der Waals surface area contributed by atoms with Gasteiger partial charge in [-0.15, -0.1) is 11.3 Å². The van der Waals surface area contributed by atoms with Crippen molar-refractivity contribution in [2.75, 3.05) is 19.5 Å². The molecule has 1 N–H and O–H groups in total. The third-order valence-corrected chi connectivity index (χ3v) is 6.11. The highest BCUT2D eigenvalue weighted by molar-refractivity contribution is 14.1. The lowest BCUT2D eigenvalue weighted by Crippen LogP contribution is -2.13. The second-order valence-electron chi connectivity index (χ2n) is 6.23. The maximum absolute atomic E-state index is 12.9. The Morgan fingerprint density at radius 3 is 2.41 bits per heavy atom. The summed E-state index contributed by atoms with van der Waals surface area (Å²) >= 11 is 3.86. The zero-order valence-corrected chi connectivity index (χ0v) is 18.7. The number of amides is 1. The molecule has 4 rings (SSSR count). The van der Waals surface area contributed by atoms with Crippen LogP contribution < -0.4 is 14.8 Å². The van der Waals surface area contributed by atoms with E-state index in [2.05, 4.69) is 27.9 Å². The van der Waals surface area contributed by atoms with Gasteiger partial charge in [0.05, 0.1) is 30.1 Å². The number of halogens is 1. The van der Waals surface area contributed by atoms with Crippen molar-refractivity contribution in [3.8, 4) is 22.1 Å². The Hall–Kier alpha value is -2.65. The summed E-state index contributed by atoms with van der Waals surface area (Å²) < 4.78 is 12.7. The van der Waals surface area contributed by atoms with E-state index < -0.39 is 0 Å². The van der Waals surface area contributed by atoms with Gasteiger partial charge in [0.25, 0.3) is 5.91 Å². The molecule has 1 amide bonds. The third-order valence-electron chi connectivity index (χ3n) is 4.37. The van der Waals surface area contributed by atoms with Gasteiger partial charge in [0.2, 0.25) is 0 Å². The molecule has 1 aromatic heterocycles. The molecule has 29 heavy (non-hydrogen) atoms. The number of thiazole rings is 1. The van der Waals surface area contributed by atoms with Crippen LogP contribution in [0.5, 0.6) is 11.5 Å². The van der Waals surface area contributed by atoms with E-state index in [9.17, 15) is 4.79 Å². The van der Waals surface area contributed by atoms with Crippen LogP contribution in [0.15, 0.2) is 60.7 Å². The Bertz CT molecular complexity index is 1150. The first kappa shape index (κ1) is 19.7. The van der Waals surface area contributed by atoms with Gasteiger partial charge in [-0.05, 0) is 65.1 Å². The van der Waals surface area contributed by atoms with Crippen molar-refractivity contribution in [2.45, 2.75) is 0 Å². The minimum atomic E-state index is -0.245. The summed E-state index contributed by atoms with van der Waals surface area (Å²) in [6.45, 7) is 0. The first-order valence-corrected chi connectivity index (χ1v) is 10.7. The normalized spacial score (nSPS) is 10.7. The fraction of sp³-hybridized carbons (Fsp3) is 0.0909. The summed E-state index contributed by atoms with van der Waals surface area (Å²) in [5, 5.41) is 3.88. The summed E-state index contributed by atoms with van der Waals surface area (Å²) in [5.74, 6) is 0.873. The van der Waals surface area contributed by atoms with Gasteiger partial charge in [-0.25, -0.2) is 4.98 Å². The smallest absolute Gasteiger partial charge is 0.255 e. The number of rotatable bonds is 5. The maximum Gasteiger partial charge on any atom is 0.255 e. The fourth-order valence-electron chi connectivity index (χ4n) is 2.92. The van der Waals surface area contributed by atoms with Crippen LogP contribution in [-0.4, -0.2) is 25.1 Å². The number of benzene rings is 3. The Kier molecular flexibility index (Phi) is 5.68. The molecule has 3 aromatic carbocycles. The highest BCUT2D eigenvalue weighted by Gasteiger charge is 2.16. The molecule has 7 heteroatoms. The summed E-state index contributed by atoms with van der Waals surface area (Å²) in [6.07, 6.45) is 0. The standard InChI is InChI=1S/C22H17IN2O3S/c1-27-15-9-13(10-16(12-15)28-2)21(26)24-18-8-7-14(23)11-17(18)22-25-19-5-3-4-6-20(19)29-22/h3-12H,1-2H3,(H,24,26). The second kappa shape index (κ2) is 8.38. The number of methoxy groups -OCH3 is 2. The molecule has 0 bridgehead atoms. The zero-order valence-electron chi connectivity index (χ0n) is 15.7. The third kappa shape index (κ3) is 4.20. The zero-order chi connectivity index (χ0) is 20.4. The van der Waals surface area contributed by atoms with E-state index in [0.29, 0.717) is 22.7 Å². The van der Waals surface area contributed by atoms with E-state index in [1.54, 1.807) is 43.8 Å². The highest BCUT2D eigenvalue weighted by atomic mass is 127. The first-order chi connectivity index (χ1) is 14.1. The molecule has 0 aliphatic carbocycles. The lowest BCUT2D eigenvalue weighted by Gasteiger charge is -2.12. The molecule has 0 aliphatic heterocycles. The van der Waals surface area contributed by atoms with Crippen LogP contribution in [0, 0.1) is 3.57 Å². The monoisotopic (exact) mass is 516 g/mol. The second-order valence-corrected chi connectivity index (χ2v) is 8.51. The number of hydrogen-bond acceptors (Lipinski definition) is 5. The number of ether oxygens (including phenoxy) is 2. The van der Waals surface area contributed by atoms with Crippen molar-refractivity contribution in [1.29, 1.82) is 0 Å². The molecule has 0 atom stereocenters. The van der Waals surface area contributed by atoms with Crippen LogP contribution in [-0.2, 0) is 0 Å². The van der Waals surface area contributed by atoms with Crippen LogP contribution in [0.2, 0.25) is 0 Å². The molecule has 1 heterocycles. The van der Waals surface area contributed by atoms with E-state index in [1.807, 2.05) is 42.5 Å². The van der Waals surface area contributed by atoms with Gasteiger partial charge in [0.1, 0.15) is 16.5 Å². The van der Waals surface area contributed by atoms with Crippen LogP contribution >= 0.6 is 33.9 Å². The minimum Gasteiger partial charge on any atom is -0.497 e. The van der Waals surface area contributed by atoms with Crippen molar-refractivity contribution in [2.24, 2.45) is 0 Å². The van der Waals surface area contributed by atoms with Crippen molar-refractivity contribution >= 4 is 55.7 Å². The van der Waals surface area contributed by atoms with Gasteiger partial charge in [-0.3, -0.25) is 4.79 Å². The van der Waals surface area contributed by atoms with Gasteiger partial charge in [0, 0.05) is 20.8 Å². The predicted octanol–water partition coefficient (Wildman–Crippen LogP) is 5.84. The minimum absolute atomic E-state index is 0.245. The van der Waals surface area contributed by atoms with Gasteiger partial charge in [0.15, 0.2) is 0 Å². The molecular weight excluding hydrogens is 499 g/mol. The number of hydrogen-bond donors (Lipinski definition) is 1. The van der Waals surface area contributed by atoms with Crippen LogP contribution in [0.3, 0.4) is 0 Å². The predicted molar refractivity (Wildman–Crippen MR) is 125 cm³/mol. The number of nitrogens with zero attached hydrogens (tertiary/aromatic N) is 1. The Balaban J connectivity index is 1.72. The molecule has 0 radical (unpaired) electrons. The highest BCUT2D eigenvalue weighted by Crippen LogP contribution is 2.36.